The molecule has 4 heteroatoms. The summed E-state index contributed by atoms with van der Waals surface area (Å²) in [6, 6.07) is 0. The van der Waals surface area contributed by atoms with E-state index in [0.29, 0.717) is 5.92 Å². The van der Waals surface area contributed by atoms with Gasteiger partial charge in [-0.1, -0.05) is 40.5 Å². The van der Waals surface area contributed by atoms with E-state index >= 15 is 0 Å². The van der Waals surface area contributed by atoms with Gasteiger partial charge in [-0.2, -0.15) is 5.10 Å². The molecule has 1 aromatic rings. The van der Waals surface area contributed by atoms with Gasteiger partial charge in [-0.25, -0.2) is 0 Å². The van der Waals surface area contributed by atoms with Crippen molar-refractivity contribution in [1.82, 2.24) is 9.78 Å². The van der Waals surface area contributed by atoms with Crippen LogP contribution in [0.3, 0.4) is 0 Å². The number of nitrogens with zero attached hydrogens (tertiary/aromatic N) is 2. The van der Waals surface area contributed by atoms with Gasteiger partial charge in [0.05, 0.1) is 15.9 Å². The van der Waals surface area contributed by atoms with E-state index in [4.69, 9.17) is 5.73 Å². The summed E-state index contributed by atoms with van der Waals surface area (Å²) < 4.78 is 3.18. The van der Waals surface area contributed by atoms with Crippen molar-refractivity contribution in [2.24, 2.45) is 24.1 Å². The van der Waals surface area contributed by atoms with E-state index in [1.54, 1.807) is 0 Å². The van der Waals surface area contributed by atoms with Crippen LogP contribution in [0, 0.1) is 11.3 Å². The van der Waals surface area contributed by atoms with Gasteiger partial charge in [0, 0.05) is 19.0 Å². The monoisotopic (exact) mass is 355 g/mol. The van der Waals surface area contributed by atoms with Gasteiger partial charge in [0.25, 0.3) is 0 Å². The molecule has 1 saturated carbocycles. The molecule has 0 amide bonds. The van der Waals surface area contributed by atoms with Crippen LogP contribution in [0.2, 0.25) is 0 Å². The second-order valence-electron chi connectivity index (χ2n) is 7.76. The van der Waals surface area contributed by atoms with Gasteiger partial charge in [0.2, 0.25) is 0 Å². The van der Waals surface area contributed by atoms with Gasteiger partial charge in [-0.15, -0.1) is 0 Å². The Kier molecular flexibility index (Phi) is 4.89. The van der Waals surface area contributed by atoms with E-state index in [0.717, 1.165) is 29.4 Å². The summed E-state index contributed by atoms with van der Waals surface area (Å²) >= 11 is 3.74. The first-order valence-corrected chi connectivity index (χ1v) is 8.97. The smallest absolute Gasteiger partial charge is 0.0766 e. The van der Waals surface area contributed by atoms with Crippen molar-refractivity contribution < 1.29 is 0 Å². The maximum Gasteiger partial charge on any atom is 0.0766 e. The van der Waals surface area contributed by atoms with Crippen LogP contribution >= 0.6 is 15.9 Å². The Morgan fingerprint density at radius 3 is 2.57 bits per heavy atom. The third-order valence-corrected chi connectivity index (χ3v) is 6.04. The largest absolute Gasteiger partial charge is 0.324 e. The average Bonchev–Trinajstić information content (AvgIpc) is 2.65. The molecule has 1 aliphatic carbocycles. The quantitative estimate of drug-likeness (QED) is 0.881. The molecule has 0 aromatic carbocycles. The Morgan fingerprint density at radius 1 is 1.38 bits per heavy atom. The van der Waals surface area contributed by atoms with Crippen molar-refractivity contribution in [1.29, 1.82) is 0 Å². The van der Waals surface area contributed by atoms with Crippen LogP contribution in [0.4, 0.5) is 0 Å². The van der Waals surface area contributed by atoms with E-state index in [2.05, 4.69) is 48.7 Å². The molecule has 2 atom stereocenters. The Balaban J connectivity index is 2.33. The highest BCUT2D eigenvalue weighted by molar-refractivity contribution is 9.10. The highest BCUT2D eigenvalue weighted by Gasteiger charge is 2.44. The molecule has 0 aliphatic heterocycles. The summed E-state index contributed by atoms with van der Waals surface area (Å²) in [7, 11) is 2.04. The van der Waals surface area contributed by atoms with Crippen LogP contribution in [0.25, 0.3) is 0 Å². The van der Waals surface area contributed by atoms with Gasteiger partial charge < -0.3 is 5.73 Å². The van der Waals surface area contributed by atoms with Crippen LogP contribution in [0.1, 0.15) is 64.8 Å². The van der Waals surface area contributed by atoms with Crippen molar-refractivity contribution in [3.8, 4) is 0 Å². The molecule has 0 bridgehead atoms. The normalized spacial score (nSPS) is 27.1. The predicted molar refractivity (Wildman–Crippen MR) is 92.3 cm³/mol. The highest BCUT2D eigenvalue weighted by Crippen LogP contribution is 2.45. The minimum atomic E-state index is -0.113. The van der Waals surface area contributed by atoms with Crippen LogP contribution in [0.15, 0.2) is 4.47 Å². The van der Waals surface area contributed by atoms with Crippen molar-refractivity contribution in [3.63, 3.8) is 0 Å². The molecule has 3 nitrogen and oxygen atoms in total. The van der Waals surface area contributed by atoms with E-state index in [9.17, 15) is 0 Å². The molecule has 1 fully saturated rings. The number of hydrogen-bond acceptors (Lipinski definition) is 2. The minimum Gasteiger partial charge on any atom is -0.324 e. The van der Waals surface area contributed by atoms with Crippen molar-refractivity contribution in [3.05, 3.63) is 15.9 Å². The summed E-state index contributed by atoms with van der Waals surface area (Å²) in [6.07, 6.45) is 6.80. The maximum absolute atomic E-state index is 6.95. The second kappa shape index (κ2) is 6.04. The standard InChI is InChI=1S/C17H30BrN3/c1-6-12-15(18)13(21(5)20-12)11-17(19)10-8-7-9-14(17)16(2,3)4/h14H,6-11,19H2,1-5H3. The summed E-state index contributed by atoms with van der Waals surface area (Å²) in [5.41, 5.74) is 9.49. The first-order chi connectivity index (χ1) is 9.69. The summed E-state index contributed by atoms with van der Waals surface area (Å²) in [5.74, 6) is 0.561. The molecule has 1 heterocycles. The number of hydrogen-bond donors (Lipinski definition) is 1. The lowest BCUT2D eigenvalue weighted by Crippen LogP contribution is -2.55. The molecule has 2 N–H and O–H groups in total. The Hall–Kier alpha value is -0.350. The first-order valence-electron chi connectivity index (χ1n) is 8.18. The number of nitrogens with two attached hydrogens (primary N) is 1. The number of halogens is 1. The van der Waals surface area contributed by atoms with E-state index in [-0.39, 0.29) is 11.0 Å². The molecular weight excluding hydrogens is 326 g/mol. The average molecular weight is 356 g/mol. The fourth-order valence-electron chi connectivity index (χ4n) is 4.09. The highest BCUT2D eigenvalue weighted by atomic mass is 79.9. The van der Waals surface area contributed by atoms with Gasteiger partial charge in [0.15, 0.2) is 0 Å². The van der Waals surface area contributed by atoms with Gasteiger partial charge in [-0.3, -0.25) is 4.68 Å². The maximum atomic E-state index is 6.95. The zero-order valence-electron chi connectivity index (χ0n) is 14.2. The fourth-order valence-corrected chi connectivity index (χ4v) is 4.85. The number of aryl methyl sites for hydroxylation is 2. The molecular formula is C17H30BrN3. The topological polar surface area (TPSA) is 43.8 Å². The van der Waals surface area contributed by atoms with E-state index in [1.165, 1.54) is 25.0 Å². The van der Waals surface area contributed by atoms with E-state index in [1.807, 2.05) is 11.7 Å². The van der Waals surface area contributed by atoms with Crippen molar-refractivity contribution in [2.75, 3.05) is 0 Å². The van der Waals surface area contributed by atoms with Crippen molar-refractivity contribution in [2.45, 2.75) is 71.8 Å². The Morgan fingerprint density at radius 2 is 2.05 bits per heavy atom. The SMILES string of the molecule is CCc1nn(C)c(CC2(N)CCCCC2C(C)(C)C)c1Br. The first kappa shape index (κ1) is 17.0. The third-order valence-electron chi connectivity index (χ3n) is 5.12. The number of aromatic nitrogens is 2. The van der Waals surface area contributed by atoms with E-state index < -0.39 is 0 Å². The zero-order valence-corrected chi connectivity index (χ0v) is 15.8. The molecule has 21 heavy (non-hydrogen) atoms. The lowest BCUT2D eigenvalue weighted by atomic mass is 9.61. The third kappa shape index (κ3) is 3.37. The Labute approximate surface area is 137 Å². The van der Waals surface area contributed by atoms with Crippen molar-refractivity contribution >= 4 is 15.9 Å². The fraction of sp³-hybridized carbons (Fsp3) is 0.824. The lowest BCUT2D eigenvalue weighted by molar-refractivity contribution is 0.0779. The molecule has 1 aliphatic rings. The molecule has 0 saturated heterocycles. The molecule has 0 radical (unpaired) electrons. The molecule has 2 unspecified atom stereocenters. The van der Waals surface area contributed by atoms with Crippen LogP contribution in [-0.4, -0.2) is 15.3 Å². The number of rotatable bonds is 3. The minimum absolute atomic E-state index is 0.113. The summed E-state index contributed by atoms with van der Waals surface area (Å²) in [6.45, 7) is 9.15. The zero-order chi connectivity index (χ0) is 15.8. The lowest BCUT2D eigenvalue weighted by Gasteiger charge is -2.48. The van der Waals surface area contributed by atoms with Gasteiger partial charge in [-0.05, 0) is 46.5 Å². The molecule has 2 rings (SSSR count). The van der Waals surface area contributed by atoms with Crippen LogP contribution in [0.5, 0.6) is 0 Å². The van der Waals surface area contributed by atoms with Crippen LogP contribution in [-0.2, 0) is 19.9 Å². The second-order valence-corrected chi connectivity index (χ2v) is 8.55. The van der Waals surface area contributed by atoms with Crippen LogP contribution < -0.4 is 5.73 Å². The summed E-state index contributed by atoms with van der Waals surface area (Å²) in [4.78, 5) is 0. The molecule has 120 valence electrons. The van der Waals surface area contributed by atoms with Gasteiger partial charge in [0.1, 0.15) is 0 Å². The molecule has 0 spiro atoms. The summed E-state index contributed by atoms with van der Waals surface area (Å²) in [5, 5.41) is 4.63. The Bertz CT molecular complexity index is 501. The van der Waals surface area contributed by atoms with Gasteiger partial charge >= 0.3 is 0 Å². The molecule has 1 aromatic heterocycles. The predicted octanol–water partition coefficient (Wildman–Crippen LogP) is 4.22.